The highest BCUT2D eigenvalue weighted by Crippen LogP contribution is 2.19. The largest absolute Gasteiger partial charge is 0.380 e. The van der Waals surface area contributed by atoms with Crippen molar-refractivity contribution in [2.45, 2.75) is 44.2 Å². The zero-order chi connectivity index (χ0) is 13.0. The van der Waals surface area contributed by atoms with Crippen molar-refractivity contribution in [2.75, 3.05) is 32.5 Å². The summed E-state index contributed by atoms with van der Waals surface area (Å²) in [6, 6.07) is 0.711. The second kappa shape index (κ2) is 6.32. The molecule has 1 aliphatic heterocycles. The molecule has 0 radical (unpaired) electrons. The number of hydrogen-bond acceptors (Lipinski definition) is 4. The van der Waals surface area contributed by atoms with Gasteiger partial charge < -0.3 is 10.1 Å². The minimum atomic E-state index is -3.06. The lowest BCUT2D eigenvalue weighted by Crippen LogP contribution is -2.32. The van der Waals surface area contributed by atoms with Crippen molar-refractivity contribution in [3.8, 4) is 0 Å². The third-order valence-corrected chi connectivity index (χ3v) is 5.60. The molecule has 2 fully saturated rings. The molecule has 1 unspecified atom stereocenters. The number of methoxy groups -OCH3 is 1. The molecule has 1 saturated carbocycles. The molecular weight excluding hydrogens is 252 g/mol. The van der Waals surface area contributed by atoms with Gasteiger partial charge >= 0.3 is 0 Å². The lowest BCUT2D eigenvalue weighted by atomic mass is 10.3. The Balaban J connectivity index is 1.63. The summed E-state index contributed by atoms with van der Waals surface area (Å²) in [6.45, 7) is 2.08. The van der Waals surface area contributed by atoms with Crippen molar-refractivity contribution in [3.63, 3.8) is 0 Å². The normalized spacial score (nSPS) is 25.7. The number of rotatable bonds is 8. The van der Waals surface area contributed by atoms with Crippen LogP contribution in [0.3, 0.4) is 0 Å². The Bertz CT molecular complexity index is 354. The molecule has 0 aromatic carbocycles. The fourth-order valence-electron chi connectivity index (χ4n) is 2.27. The average Bonchev–Trinajstić information content (AvgIpc) is 3.03. The summed E-state index contributed by atoms with van der Waals surface area (Å²) in [4.78, 5) is 0. The van der Waals surface area contributed by atoms with E-state index in [1.54, 1.807) is 11.4 Å². The second-order valence-corrected chi connectivity index (χ2v) is 7.34. The van der Waals surface area contributed by atoms with E-state index in [-0.39, 0.29) is 11.9 Å². The monoisotopic (exact) mass is 276 g/mol. The number of ether oxygens (including phenoxy) is 1. The zero-order valence-electron chi connectivity index (χ0n) is 11.1. The van der Waals surface area contributed by atoms with E-state index in [0.717, 1.165) is 25.8 Å². The molecule has 1 atom stereocenters. The van der Waals surface area contributed by atoms with Crippen LogP contribution in [0.15, 0.2) is 0 Å². The standard InChI is InChI=1S/C12H24N2O3S/c1-17-12-6-8-14(10-12)18(15,16)9-3-2-7-13-11-4-5-11/h11-13H,2-10H2,1H3. The Hall–Kier alpha value is -0.170. The van der Waals surface area contributed by atoms with E-state index >= 15 is 0 Å². The number of sulfonamides is 1. The van der Waals surface area contributed by atoms with Crippen molar-refractivity contribution in [2.24, 2.45) is 0 Å². The minimum absolute atomic E-state index is 0.0799. The molecule has 0 spiro atoms. The summed E-state index contributed by atoms with van der Waals surface area (Å²) in [5.74, 6) is 0.274. The Labute approximate surface area is 110 Å². The molecule has 1 heterocycles. The number of nitrogens with one attached hydrogen (secondary N) is 1. The third kappa shape index (κ3) is 4.19. The van der Waals surface area contributed by atoms with Gasteiger partial charge in [-0.1, -0.05) is 0 Å². The van der Waals surface area contributed by atoms with Gasteiger partial charge in [-0.05, 0) is 38.6 Å². The van der Waals surface area contributed by atoms with Gasteiger partial charge in [-0.15, -0.1) is 0 Å². The maximum absolute atomic E-state index is 12.1. The molecule has 0 aromatic heterocycles. The average molecular weight is 276 g/mol. The first-order chi connectivity index (χ1) is 8.62. The topological polar surface area (TPSA) is 58.6 Å². The first kappa shape index (κ1) is 14.2. The molecule has 2 rings (SSSR count). The van der Waals surface area contributed by atoms with Gasteiger partial charge in [-0.3, -0.25) is 0 Å². The Morgan fingerprint density at radius 1 is 1.28 bits per heavy atom. The molecule has 1 aliphatic carbocycles. The van der Waals surface area contributed by atoms with Crippen molar-refractivity contribution in [3.05, 3.63) is 0 Å². The van der Waals surface area contributed by atoms with E-state index in [1.807, 2.05) is 0 Å². The Morgan fingerprint density at radius 2 is 2.06 bits per heavy atom. The van der Waals surface area contributed by atoms with Gasteiger partial charge in [0.15, 0.2) is 0 Å². The Morgan fingerprint density at radius 3 is 2.67 bits per heavy atom. The van der Waals surface area contributed by atoms with E-state index in [2.05, 4.69) is 5.32 Å². The van der Waals surface area contributed by atoms with Crippen LogP contribution in [0.4, 0.5) is 0 Å². The van der Waals surface area contributed by atoms with Gasteiger partial charge in [0.25, 0.3) is 0 Å². The molecule has 5 nitrogen and oxygen atoms in total. The van der Waals surface area contributed by atoms with Crippen LogP contribution in [0.1, 0.15) is 32.1 Å². The minimum Gasteiger partial charge on any atom is -0.380 e. The van der Waals surface area contributed by atoms with Gasteiger partial charge in [0.2, 0.25) is 10.0 Å². The highest BCUT2D eigenvalue weighted by Gasteiger charge is 2.30. The predicted octanol–water partition coefficient (Wildman–Crippen LogP) is 0.569. The van der Waals surface area contributed by atoms with Crippen LogP contribution in [0.2, 0.25) is 0 Å². The van der Waals surface area contributed by atoms with Crippen molar-refractivity contribution in [1.29, 1.82) is 0 Å². The van der Waals surface area contributed by atoms with Gasteiger partial charge in [0.1, 0.15) is 0 Å². The first-order valence-electron chi connectivity index (χ1n) is 6.86. The molecule has 1 N–H and O–H groups in total. The van der Waals surface area contributed by atoms with Crippen molar-refractivity contribution in [1.82, 2.24) is 9.62 Å². The zero-order valence-corrected chi connectivity index (χ0v) is 11.9. The number of nitrogens with zero attached hydrogens (tertiary/aromatic N) is 1. The quantitative estimate of drug-likeness (QED) is 0.659. The molecule has 1 saturated heterocycles. The fourth-order valence-corrected chi connectivity index (χ4v) is 3.88. The molecule has 6 heteroatoms. The summed E-state index contributed by atoms with van der Waals surface area (Å²) < 4.78 is 30.9. The lowest BCUT2D eigenvalue weighted by Gasteiger charge is -2.16. The molecule has 0 aromatic rings. The van der Waals surface area contributed by atoms with Crippen LogP contribution < -0.4 is 5.32 Å². The maximum Gasteiger partial charge on any atom is 0.214 e. The van der Waals surface area contributed by atoms with Crippen molar-refractivity contribution < 1.29 is 13.2 Å². The van der Waals surface area contributed by atoms with E-state index < -0.39 is 10.0 Å². The summed E-state index contributed by atoms with van der Waals surface area (Å²) in [5.41, 5.74) is 0. The number of hydrogen-bond donors (Lipinski definition) is 1. The highest BCUT2D eigenvalue weighted by atomic mass is 32.2. The molecule has 0 bridgehead atoms. The van der Waals surface area contributed by atoms with Crippen LogP contribution >= 0.6 is 0 Å². The van der Waals surface area contributed by atoms with Crippen LogP contribution in [0.5, 0.6) is 0 Å². The second-order valence-electron chi connectivity index (χ2n) is 5.26. The van der Waals surface area contributed by atoms with Crippen molar-refractivity contribution >= 4 is 10.0 Å². The fraction of sp³-hybridized carbons (Fsp3) is 1.00. The van der Waals surface area contributed by atoms with Crippen LogP contribution in [0.25, 0.3) is 0 Å². The summed E-state index contributed by atoms with van der Waals surface area (Å²) in [6.07, 6.45) is 5.15. The molecule has 2 aliphatic rings. The molecule has 18 heavy (non-hydrogen) atoms. The molecular formula is C12H24N2O3S. The van der Waals surface area contributed by atoms with Gasteiger partial charge in [-0.2, -0.15) is 4.31 Å². The van der Waals surface area contributed by atoms with E-state index in [4.69, 9.17) is 4.74 Å². The summed E-state index contributed by atoms with van der Waals surface area (Å²) in [7, 11) is -1.42. The molecule has 106 valence electrons. The van der Waals surface area contributed by atoms with E-state index in [1.165, 1.54) is 12.8 Å². The SMILES string of the molecule is COC1CCN(S(=O)(=O)CCCCNC2CC2)C1. The predicted molar refractivity (Wildman–Crippen MR) is 71.0 cm³/mol. The van der Waals surface area contributed by atoms with Gasteiger partial charge in [0, 0.05) is 26.2 Å². The smallest absolute Gasteiger partial charge is 0.214 e. The van der Waals surface area contributed by atoms with Crippen LogP contribution in [0, 0.1) is 0 Å². The molecule has 0 amide bonds. The van der Waals surface area contributed by atoms with Gasteiger partial charge in [0.05, 0.1) is 11.9 Å². The summed E-state index contributed by atoms with van der Waals surface area (Å²) in [5, 5.41) is 3.40. The lowest BCUT2D eigenvalue weighted by molar-refractivity contribution is 0.115. The summed E-state index contributed by atoms with van der Waals surface area (Å²) >= 11 is 0. The third-order valence-electron chi connectivity index (χ3n) is 3.67. The maximum atomic E-state index is 12.1. The highest BCUT2D eigenvalue weighted by molar-refractivity contribution is 7.89. The van der Waals surface area contributed by atoms with E-state index in [9.17, 15) is 8.42 Å². The van der Waals surface area contributed by atoms with E-state index in [0.29, 0.717) is 19.1 Å². The van der Waals surface area contributed by atoms with Gasteiger partial charge in [-0.25, -0.2) is 8.42 Å². The Kier molecular flexibility index (Phi) is 5.00. The van der Waals surface area contributed by atoms with Crippen LogP contribution in [-0.2, 0) is 14.8 Å². The first-order valence-corrected chi connectivity index (χ1v) is 8.47. The van der Waals surface area contributed by atoms with Crippen LogP contribution in [-0.4, -0.2) is 57.4 Å². The number of unbranched alkanes of at least 4 members (excludes halogenated alkanes) is 1.